The van der Waals surface area contributed by atoms with Crippen LogP contribution in [0.3, 0.4) is 0 Å². The minimum atomic E-state index is -3.35. The normalized spacial score (nSPS) is 11.4. The summed E-state index contributed by atoms with van der Waals surface area (Å²) in [6.07, 6.45) is 0.0643. The molecule has 0 heterocycles. The number of hydrogen-bond donors (Lipinski definition) is 1. The molecule has 1 amide bonds. The van der Waals surface area contributed by atoms with Crippen molar-refractivity contribution in [1.82, 2.24) is 0 Å². The lowest BCUT2D eigenvalue weighted by Gasteiger charge is -2.12. The van der Waals surface area contributed by atoms with E-state index in [0.29, 0.717) is 22.4 Å². The third-order valence-electron chi connectivity index (χ3n) is 4.97. The highest BCUT2D eigenvalue weighted by atomic mass is 32.2. The molecule has 0 saturated carbocycles. The van der Waals surface area contributed by atoms with Crippen molar-refractivity contribution in [2.24, 2.45) is 0 Å². The zero-order chi connectivity index (χ0) is 22.6. The van der Waals surface area contributed by atoms with Gasteiger partial charge >= 0.3 is 0 Å². The van der Waals surface area contributed by atoms with Gasteiger partial charge in [0.2, 0.25) is 5.91 Å². The van der Waals surface area contributed by atoms with Crippen molar-refractivity contribution >= 4 is 27.2 Å². The second kappa shape index (κ2) is 9.27. The van der Waals surface area contributed by atoms with Crippen molar-refractivity contribution < 1.29 is 18.0 Å². The predicted molar refractivity (Wildman–Crippen MR) is 122 cm³/mol. The first-order valence-electron chi connectivity index (χ1n) is 10.0. The van der Waals surface area contributed by atoms with Gasteiger partial charge in [-0.05, 0) is 50.6 Å². The largest absolute Gasteiger partial charge is 0.325 e. The first-order valence-corrected chi connectivity index (χ1v) is 11.6. The number of nitrogens with one attached hydrogen (secondary N) is 1. The van der Waals surface area contributed by atoms with Crippen LogP contribution in [-0.2, 0) is 21.1 Å². The van der Waals surface area contributed by atoms with E-state index in [1.54, 1.807) is 62.4 Å². The Kier molecular flexibility index (Phi) is 6.71. The van der Waals surface area contributed by atoms with Gasteiger partial charge in [-0.3, -0.25) is 9.59 Å². The van der Waals surface area contributed by atoms with Gasteiger partial charge in [0, 0.05) is 11.1 Å². The van der Waals surface area contributed by atoms with Crippen molar-refractivity contribution in [2.75, 3.05) is 5.32 Å². The van der Waals surface area contributed by atoms with E-state index >= 15 is 0 Å². The fourth-order valence-corrected chi connectivity index (χ4v) is 4.21. The lowest BCUT2D eigenvalue weighted by atomic mass is 9.99. The molecule has 3 aromatic carbocycles. The number of ketones is 1. The van der Waals surface area contributed by atoms with Crippen LogP contribution in [-0.4, -0.2) is 25.4 Å². The van der Waals surface area contributed by atoms with Gasteiger partial charge in [-0.15, -0.1) is 0 Å². The number of carbonyl (C=O) groups is 2. The first kappa shape index (κ1) is 22.4. The Bertz CT molecular complexity index is 1200. The highest BCUT2D eigenvalue weighted by Crippen LogP contribution is 2.22. The van der Waals surface area contributed by atoms with Crippen LogP contribution in [0.15, 0.2) is 77.7 Å². The van der Waals surface area contributed by atoms with E-state index in [-0.39, 0.29) is 23.0 Å². The van der Waals surface area contributed by atoms with Gasteiger partial charge in [0.05, 0.1) is 22.3 Å². The van der Waals surface area contributed by atoms with Gasteiger partial charge in [-0.25, -0.2) is 8.42 Å². The third-order valence-corrected chi connectivity index (χ3v) is 7.14. The second-order valence-electron chi connectivity index (χ2n) is 7.71. The van der Waals surface area contributed by atoms with Crippen LogP contribution in [0.25, 0.3) is 0 Å². The van der Waals surface area contributed by atoms with E-state index in [2.05, 4.69) is 5.32 Å². The van der Waals surface area contributed by atoms with Crippen LogP contribution in [0.2, 0.25) is 0 Å². The van der Waals surface area contributed by atoms with Gasteiger partial charge in [0.1, 0.15) is 0 Å². The molecule has 3 rings (SSSR count). The van der Waals surface area contributed by atoms with Gasteiger partial charge in [0.25, 0.3) is 0 Å². The van der Waals surface area contributed by atoms with Crippen LogP contribution < -0.4 is 5.32 Å². The van der Waals surface area contributed by atoms with Crippen LogP contribution in [0.4, 0.5) is 5.69 Å². The van der Waals surface area contributed by atoms with Crippen molar-refractivity contribution in [2.45, 2.75) is 37.3 Å². The molecular weight excluding hydrogens is 410 g/mol. The molecule has 0 spiro atoms. The topological polar surface area (TPSA) is 80.3 Å². The number of carbonyl (C=O) groups excluding carboxylic acids is 2. The Morgan fingerprint density at radius 3 is 2.16 bits per heavy atom. The average molecular weight is 436 g/mol. The molecule has 6 heteroatoms. The fourth-order valence-electron chi connectivity index (χ4n) is 3.15. The number of amides is 1. The molecule has 3 aromatic rings. The van der Waals surface area contributed by atoms with Crippen LogP contribution in [0.5, 0.6) is 0 Å². The van der Waals surface area contributed by atoms with E-state index in [1.807, 2.05) is 19.1 Å². The summed E-state index contributed by atoms with van der Waals surface area (Å²) in [7, 11) is -3.35. The summed E-state index contributed by atoms with van der Waals surface area (Å²) >= 11 is 0. The summed E-state index contributed by atoms with van der Waals surface area (Å²) in [5, 5.41) is 2.31. The minimum Gasteiger partial charge on any atom is -0.325 e. The zero-order valence-corrected chi connectivity index (χ0v) is 18.6. The van der Waals surface area contributed by atoms with E-state index < -0.39 is 15.1 Å². The molecular formula is C25H25NO4S. The zero-order valence-electron chi connectivity index (χ0n) is 17.8. The Balaban J connectivity index is 1.78. The van der Waals surface area contributed by atoms with Gasteiger partial charge < -0.3 is 5.32 Å². The molecule has 31 heavy (non-hydrogen) atoms. The molecule has 0 atom stereocenters. The highest BCUT2D eigenvalue weighted by molar-refractivity contribution is 7.92. The monoisotopic (exact) mass is 435 g/mol. The van der Waals surface area contributed by atoms with Crippen molar-refractivity contribution in [1.29, 1.82) is 0 Å². The highest BCUT2D eigenvalue weighted by Gasteiger charge is 2.19. The Morgan fingerprint density at radius 1 is 0.903 bits per heavy atom. The predicted octanol–water partition coefficient (Wildman–Crippen LogP) is 4.59. The summed E-state index contributed by atoms with van der Waals surface area (Å²) in [5.74, 6) is -0.451. The van der Waals surface area contributed by atoms with Crippen LogP contribution >= 0.6 is 0 Å². The molecule has 0 unspecified atom stereocenters. The molecule has 160 valence electrons. The number of aryl methyl sites for hydroxylation is 1. The molecule has 0 fully saturated rings. The summed E-state index contributed by atoms with van der Waals surface area (Å²) in [4.78, 5) is 25.8. The van der Waals surface area contributed by atoms with Crippen LogP contribution in [0.1, 0.15) is 40.9 Å². The Hall–Kier alpha value is -3.25. The quantitative estimate of drug-likeness (QED) is 0.551. The molecule has 1 N–H and O–H groups in total. The smallest absolute Gasteiger partial charge is 0.228 e. The SMILES string of the molecule is Cc1ccc(NC(=O)Cc2ccc(S(=O)(=O)C(C)C)cc2)c(C(=O)c2ccccc2)c1. The number of sulfone groups is 1. The molecule has 0 saturated heterocycles. The molecule has 5 nitrogen and oxygen atoms in total. The lowest BCUT2D eigenvalue weighted by Crippen LogP contribution is -2.17. The Morgan fingerprint density at radius 2 is 1.55 bits per heavy atom. The van der Waals surface area contributed by atoms with Crippen LogP contribution in [0, 0.1) is 6.92 Å². The second-order valence-corrected chi connectivity index (χ2v) is 10.2. The molecule has 0 bridgehead atoms. The van der Waals surface area contributed by atoms with Gasteiger partial charge in [-0.2, -0.15) is 0 Å². The Labute approximate surface area is 183 Å². The average Bonchev–Trinajstić information content (AvgIpc) is 2.75. The standard InChI is InChI=1S/C25H25NO4S/c1-17(2)31(29,30)21-12-10-19(11-13-21)16-24(27)26-23-14-9-18(3)15-22(23)25(28)20-7-5-4-6-8-20/h4-15,17H,16H2,1-3H3,(H,26,27). The molecule has 0 aliphatic rings. The van der Waals surface area contributed by atoms with Crippen molar-refractivity contribution in [3.8, 4) is 0 Å². The maximum Gasteiger partial charge on any atom is 0.228 e. The summed E-state index contributed by atoms with van der Waals surface area (Å²) in [6, 6.07) is 20.6. The minimum absolute atomic E-state index is 0.0643. The summed E-state index contributed by atoms with van der Waals surface area (Å²) in [5.41, 5.74) is 3.02. The number of rotatable bonds is 7. The number of anilines is 1. The summed E-state index contributed by atoms with van der Waals surface area (Å²) < 4.78 is 24.5. The van der Waals surface area contributed by atoms with Crippen molar-refractivity contribution in [3.05, 3.63) is 95.1 Å². The van der Waals surface area contributed by atoms with E-state index in [4.69, 9.17) is 0 Å². The lowest BCUT2D eigenvalue weighted by molar-refractivity contribution is -0.115. The maximum absolute atomic E-state index is 12.9. The fraction of sp³-hybridized carbons (Fsp3) is 0.200. The third kappa shape index (κ3) is 5.27. The van der Waals surface area contributed by atoms with Gasteiger partial charge in [-0.1, -0.05) is 54.1 Å². The maximum atomic E-state index is 12.9. The first-order chi connectivity index (χ1) is 14.7. The van der Waals surface area contributed by atoms with Gasteiger partial charge in [0.15, 0.2) is 15.6 Å². The van der Waals surface area contributed by atoms with Crippen molar-refractivity contribution in [3.63, 3.8) is 0 Å². The van der Waals surface area contributed by atoms with E-state index in [0.717, 1.165) is 5.56 Å². The molecule has 0 radical (unpaired) electrons. The van der Waals surface area contributed by atoms with E-state index in [1.165, 1.54) is 12.1 Å². The number of benzene rings is 3. The van der Waals surface area contributed by atoms with E-state index in [9.17, 15) is 18.0 Å². The number of hydrogen-bond acceptors (Lipinski definition) is 4. The molecule has 0 aromatic heterocycles. The molecule has 0 aliphatic carbocycles. The molecule has 0 aliphatic heterocycles. The summed E-state index contributed by atoms with van der Waals surface area (Å²) in [6.45, 7) is 5.15.